The Morgan fingerprint density at radius 3 is 2.25 bits per heavy atom. The Morgan fingerprint density at radius 1 is 0.700 bits per heavy atom. The third-order valence-electron chi connectivity index (χ3n) is 8.50. The molecule has 0 atom stereocenters. The van der Waals surface area contributed by atoms with Crippen LogP contribution in [0.1, 0.15) is 42.0 Å². The zero-order chi connectivity index (χ0) is 26.9. The number of benzene rings is 4. The van der Waals surface area contributed by atoms with E-state index in [9.17, 15) is 0 Å². The van der Waals surface area contributed by atoms with E-state index in [0.29, 0.717) is 0 Å². The van der Waals surface area contributed by atoms with Crippen LogP contribution in [0.15, 0.2) is 103 Å². The second-order valence-electron chi connectivity index (χ2n) is 11.0. The van der Waals surface area contributed by atoms with Crippen molar-refractivity contribution in [1.29, 1.82) is 0 Å². The van der Waals surface area contributed by atoms with E-state index in [1.807, 2.05) is 6.92 Å². The zero-order valence-electron chi connectivity index (χ0n) is 23.1. The molecular weight excluding hydrogens is 490 g/mol. The van der Waals surface area contributed by atoms with Crippen molar-refractivity contribution in [1.82, 2.24) is 19.7 Å². The minimum Gasteiger partial charge on any atom is -0.362 e. The van der Waals surface area contributed by atoms with E-state index >= 15 is 0 Å². The molecule has 40 heavy (non-hydrogen) atoms. The van der Waals surface area contributed by atoms with Crippen LogP contribution >= 0.6 is 0 Å². The van der Waals surface area contributed by atoms with Crippen LogP contribution in [0.4, 0.5) is 5.69 Å². The lowest BCUT2D eigenvalue weighted by atomic mass is 9.87. The molecule has 5 aromatic rings. The number of nitrogens with zero attached hydrogens (tertiary/aromatic N) is 5. The van der Waals surface area contributed by atoms with E-state index in [1.165, 1.54) is 38.8 Å². The van der Waals surface area contributed by atoms with Crippen LogP contribution in [0, 0.1) is 6.92 Å². The highest BCUT2D eigenvalue weighted by atomic mass is 15.3. The van der Waals surface area contributed by atoms with Crippen molar-refractivity contribution in [2.24, 2.45) is 0 Å². The summed E-state index contributed by atoms with van der Waals surface area (Å²) in [6.07, 6.45) is 3.37. The Kier molecular flexibility index (Phi) is 6.66. The second-order valence-corrected chi connectivity index (χ2v) is 11.0. The SMILES string of the molecule is Cc1nnc2n1-c1ccccc1N(CCCN1CCC(=C(c3ccccc3)c3ccc4ccccc4c3)CC1)C2. The van der Waals surface area contributed by atoms with Gasteiger partial charge in [0.15, 0.2) is 5.82 Å². The van der Waals surface area contributed by atoms with Gasteiger partial charge in [-0.2, -0.15) is 0 Å². The summed E-state index contributed by atoms with van der Waals surface area (Å²) in [5.41, 5.74) is 8.15. The van der Waals surface area contributed by atoms with Crippen LogP contribution in [-0.2, 0) is 6.54 Å². The summed E-state index contributed by atoms with van der Waals surface area (Å²) in [4.78, 5) is 5.12. The van der Waals surface area contributed by atoms with E-state index in [4.69, 9.17) is 0 Å². The van der Waals surface area contributed by atoms with Gasteiger partial charge in [-0.3, -0.25) is 4.57 Å². The number of aromatic nitrogens is 3. The number of anilines is 1. The van der Waals surface area contributed by atoms with Gasteiger partial charge in [-0.05, 0) is 78.4 Å². The highest BCUT2D eigenvalue weighted by molar-refractivity contribution is 5.90. The van der Waals surface area contributed by atoms with E-state index in [0.717, 1.165) is 63.6 Å². The van der Waals surface area contributed by atoms with Crippen molar-refractivity contribution >= 4 is 22.0 Å². The highest BCUT2D eigenvalue weighted by Gasteiger charge is 2.25. The van der Waals surface area contributed by atoms with Gasteiger partial charge in [-0.15, -0.1) is 10.2 Å². The Bertz CT molecular complexity index is 1670. The summed E-state index contributed by atoms with van der Waals surface area (Å²) in [5.74, 6) is 1.99. The number of rotatable bonds is 6. The molecule has 0 aliphatic carbocycles. The van der Waals surface area contributed by atoms with Crippen LogP contribution < -0.4 is 4.90 Å². The molecule has 5 nitrogen and oxygen atoms in total. The predicted octanol–water partition coefficient (Wildman–Crippen LogP) is 7.04. The van der Waals surface area contributed by atoms with Gasteiger partial charge in [0.25, 0.3) is 0 Å². The number of aryl methyl sites for hydroxylation is 1. The van der Waals surface area contributed by atoms with Gasteiger partial charge in [-0.1, -0.05) is 84.4 Å². The molecule has 200 valence electrons. The quantitative estimate of drug-likeness (QED) is 0.238. The largest absolute Gasteiger partial charge is 0.362 e. The summed E-state index contributed by atoms with van der Waals surface area (Å²) in [7, 11) is 0. The van der Waals surface area contributed by atoms with Gasteiger partial charge in [0.2, 0.25) is 0 Å². The topological polar surface area (TPSA) is 37.2 Å². The monoisotopic (exact) mass is 525 g/mol. The fraction of sp³-hybridized carbons (Fsp3) is 0.257. The molecule has 0 radical (unpaired) electrons. The standard InChI is InChI=1S/C35H35N5/c1-26-36-37-34-25-39(32-14-7-8-15-33(32)40(26)34)21-9-20-38-22-18-29(19-23-38)35(28-11-3-2-4-12-28)31-17-16-27-10-5-6-13-30(27)24-31/h2-8,10-17,24H,9,18-23,25H2,1H3. The van der Waals surface area contributed by atoms with Crippen LogP contribution in [-0.4, -0.2) is 45.8 Å². The second kappa shape index (κ2) is 10.7. The van der Waals surface area contributed by atoms with Gasteiger partial charge in [-0.25, -0.2) is 0 Å². The van der Waals surface area contributed by atoms with Crippen LogP contribution in [0.3, 0.4) is 0 Å². The summed E-state index contributed by atoms with van der Waals surface area (Å²) >= 11 is 0. The van der Waals surface area contributed by atoms with Crippen LogP contribution in [0.2, 0.25) is 0 Å². The first-order chi connectivity index (χ1) is 19.7. The number of hydrogen-bond acceptors (Lipinski definition) is 4. The van der Waals surface area contributed by atoms with E-state index in [2.05, 4.69) is 122 Å². The molecule has 0 bridgehead atoms. The Balaban J connectivity index is 1.05. The lowest BCUT2D eigenvalue weighted by Crippen LogP contribution is -2.35. The van der Waals surface area contributed by atoms with E-state index < -0.39 is 0 Å². The number of hydrogen-bond donors (Lipinski definition) is 0. The summed E-state index contributed by atoms with van der Waals surface area (Å²) in [5, 5.41) is 11.4. The minimum atomic E-state index is 0.816. The Labute approximate surface area is 236 Å². The van der Waals surface area contributed by atoms with Crippen LogP contribution in [0.25, 0.3) is 22.0 Å². The molecular formula is C35H35N5. The Morgan fingerprint density at radius 2 is 1.43 bits per heavy atom. The normalized spacial score (nSPS) is 15.2. The average molecular weight is 526 g/mol. The van der Waals surface area contributed by atoms with Crippen LogP contribution in [0.5, 0.6) is 0 Å². The van der Waals surface area contributed by atoms with Crippen molar-refractivity contribution < 1.29 is 0 Å². The third kappa shape index (κ3) is 4.71. The summed E-state index contributed by atoms with van der Waals surface area (Å²) in [6.45, 7) is 7.22. The van der Waals surface area contributed by atoms with Crippen molar-refractivity contribution in [2.75, 3.05) is 31.1 Å². The lowest BCUT2D eigenvalue weighted by molar-refractivity contribution is 0.254. The number of likely N-dealkylation sites (tertiary alicyclic amines) is 1. The molecule has 0 spiro atoms. The first-order valence-corrected chi connectivity index (χ1v) is 14.5. The van der Waals surface area contributed by atoms with Gasteiger partial charge in [0, 0.05) is 19.6 Å². The predicted molar refractivity (Wildman–Crippen MR) is 164 cm³/mol. The molecule has 0 saturated carbocycles. The van der Waals surface area contributed by atoms with Gasteiger partial charge >= 0.3 is 0 Å². The summed E-state index contributed by atoms with van der Waals surface area (Å²) < 4.78 is 2.20. The summed E-state index contributed by atoms with van der Waals surface area (Å²) in [6, 6.07) is 35.2. The zero-order valence-corrected chi connectivity index (χ0v) is 23.1. The molecule has 1 saturated heterocycles. The number of fused-ring (bicyclic) bond motifs is 4. The van der Waals surface area contributed by atoms with Crippen molar-refractivity contribution in [2.45, 2.75) is 32.7 Å². The number of piperidine rings is 1. The van der Waals surface area contributed by atoms with E-state index in [-0.39, 0.29) is 0 Å². The molecule has 7 rings (SSSR count). The molecule has 5 heteroatoms. The fourth-order valence-corrected chi connectivity index (χ4v) is 6.50. The molecule has 2 aliphatic heterocycles. The average Bonchev–Trinajstić information content (AvgIpc) is 3.39. The molecule has 0 N–H and O–H groups in total. The maximum atomic E-state index is 4.45. The van der Waals surface area contributed by atoms with Crippen molar-refractivity contribution in [3.05, 3.63) is 125 Å². The minimum absolute atomic E-state index is 0.816. The third-order valence-corrected chi connectivity index (χ3v) is 8.50. The van der Waals surface area contributed by atoms with Crippen molar-refractivity contribution in [3.63, 3.8) is 0 Å². The number of para-hydroxylation sites is 2. The maximum Gasteiger partial charge on any atom is 0.157 e. The maximum absolute atomic E-state index is 4.45. The fourth-order valence-electron chi connectivity index (χ4n) is 6.50. The molecule has 1 fully saturated rings. The van der Waals surface area contributed by atoms with E-state index in [1.54, 1.807) is 5.57 Å². The van der Waals surface area contributed by atoms with Gasteiger partial charge < -0.3 is 9.80 Å². The Hall–Kier alpha value is -4.22. The first kappa shape index (κ1) is 24.8. The highest BCUT2D eigenvalue weighted by Crippen LogP contribution is 2.35. The molecule has 3 heterocycles. The lowest BCUT2D eigenvalue weighted by Gasteiger charge is -2.33. The van der Waals surface area contributed by atoms with Crippen molar-refractivity contribution in [3.8, 4) is 5.69 Å². The first-order valence-electron chi connectivity index (χ1n) is 14.5. The molecule has 4 aromatic carbocycles. The molecule has 0 amide bonds. The smallest absolute Gasteiger partial charge is 0.157 e. The molecule has 2 aliphatic rings. The van der Waals surface area contributed by atoms with Gasteiger partial charge in [0.1, 0.15) is 5.82 Å². The molecule has 0 unspecified atom stereocenters. The van der Waals surface area contributed by atoms with Gasteiger partial charge in [0.05, 0.1) is 17.9 Å². The molecule has 1 aromatic heterocycles.